The Morgan fingerprint density at radius 3 is 2.38 bits per heavy atom. The van der Waals surface area contributed by atoms with E-state index in [0.717, 1.165) is 5.69 Å². The van der Waals surface area contributed by atoms with Gasteiger partial charge in [0.2, 0.25) is 10.0 Å². The number of aromatic nitrogens is 1. The van der Waals surface area contributed by atoms with Crippen LogP contribution in [0.3, 0.4) is 0 Å². The lowest BCUT2D eigenvalue weighted by Crippen LogP contribution is -2.20. The Labute approximate surface area is 78.1 Å². The van der Waals surface area contributed by atoms with Crippen molar-refractivity contribution in [3.05, 3.63) is 23.5 Å². The molecule has 0 aliphatic heterocycles. The number of hydrogen-bond acceptors (Lipinski definition) is 3. The lowest BCUT2D eigenvalue weighted by molar-refractivity contribution is 0.587. The largest absolute Gasteiger partial charge is 0.257 e. The minimum absolute atomic E-state index is 0.237. The van der Waals surface area contributed by atoms with Crippen LogP contribution in [0.2, 0.25) is 0 Å². The number of nitrogens with zero attached hydrogens (tertiary/aromatic N) is 1. The molecule has 1 aromatic rings. The summed E-state index contributed by atoms with van der Waals surface area (Å²) in [6.45, 7) is 3.50. The molecule has 0 aromatic carbocycles. The Kier molecular flexibility index (Phi) is 2.68. The van der Waals surface area contributed by atoms with Gasteiger partial charge in [-0.15, -0.1) is 0 Å². The van der Waals surface area contributed by atoms with Crippen LogP contribution in [-0.2, 0) is 10.0 Å². The van der Waals surface area contributed by atoms with Gasteiger partial charge in [0.05, 0.1) is 5.69 Å². The molecule has 72 valence electrons. The molecule has 0 aliphatic rings. The Morgan fingerprint density at radius 1 is 1.31 bits per heavy atom. The SMILES string of the molecule is CNS(=O)(=O)c1ccc(C)nc1C. The third-order valence-corrected chi connectivity index (χ3v) is 3.28. The Balaban J connectivity index is 3.33. The number of sulfonamides is 1. The molecule has 1 rings (SSSR count). The first-order chi connectivity index (χ1) is 5.97. The molecule has 0 aliphatic carbocycles. The molecule has 0 saturated carbocycles. The van der Waals surface area contributed by atoms with E-state index in [0.29, 0.717) is 5.69 Å². The molecular weight excluding hydrogens is 188 g/mol. The van der Waals surface area contributed by atoms with Crippen molar-refractivity contribution in [1.82, 2.24) is 9.71 Å². The van der Waals surface area contributed by atoms with Crippen LogP contribution in [0.1, 0.15) is 11.4 Å². The van der Waals surface area contributed by atoms with Gasteiger partial charge in [-0.05, 0) is 33.0 Å². The second-order valence-electron chi connectivity index (χ2n) is 2.74. The molecule has 1 heterocycles. The first-order valence-corrected chi connectivity index (χ1v) is 5.33. The van der Waals surface area contributed by atoms with Gasteiger partial charge in [0.25, 0.3) is 0 Å². The van der Waals surface area contributed by atoms with E-state index in [4.69, 9.17) is 0 Å². The third kappa shape index (κ3) is 2.05. The standard InChI is InChI=1S/C8H12N2O2S/c1-6-4-5-8(7(2)10-6)13(11,12)9-3/h4-5,9H,1-3H3. The number of hydrogen-bond donors (Lipinski definition) is 1. The van der Waals surface area contributed by atoms with Crippen molar-refractivity contribution in [2.24, 2.45) is 0 Å². The summed E-state index contributed by atoms with van der Waals surface area (Å²) >= 11 is 0. The van der Waals surface area contributed by atoms with Crippen molar-refractivity contribution in [2.75, 3.05) is 7.05 Å². The van der Waals surface area contributed by atoms with Crippen LogP contribution in [0, 0.1) is 13.8 Å². The summed E-state index contributed by atoms with van der Waals surface area (Å²) < 4.78 is 25.0. The first-order valence-electron chi connectivity index (χ1n) is 3.85. The summed E-state index contributed by atoms with van der Waals surface area (Å²) in [5, 5.41) is 0. The van der Waals surface area contributed by atoms with Crippen molar-refractivity contribution in [3.8, 4) is 0 Å². The van der Waals surface area contributed by atoms with Gasteiger partial charge < -0.3 is 0 Å². The quantitative estimate of drug-likeness (QED) is 0.760. The molecule has 0 fully saturated rings. The lowest BCUT2D eigenvalue weighted by atomic mass is 10.3. The van der Waals surface area contributed by atoms with Crippen LogP contribution in [-0.4, -0.2) is 20.4 Å². The van der Waals surface area contributed by atoms with Gasteiger partial charge in [-0.2, -0.15) is 0 Å². The van der Waals surface area contributed by atoms with E-state index in [2.05, 4.69) is 9.71 Å². The predicted octanol–water partition coefficient (Wildman–Crippen LogP) is 0.607. The van der Waals surface area contributed by atoms with Gasteiger partial charge in [-0.3, -0.25) is 4.98 Å². The van der Waals surface area contributed by atoms with Crippen LogP contribution < -0.4 is 4.72 Å². The Hall–Kier alpha value is -0.940. The third-order valence-electron chi connectivity index (χ3n) is 1.73. The topological polar surface area (TPSA) is 59.1 Å². The van der Waals surface area contributed by atoms with Gasteiger partial charge >= 0.3 is 0 Å². The van der Waals surface area contributed by atoms with Crippen molar-refractivity contribution >= 4 is 10.0 Å². The summed E-state index contributed by atoms with van der Waals surface area (Å²) in [4.78, 5) is 4.31. The summed E-state index contributed by atoms with van der Waals surface area (Å²) in [5.41, 5.74) is 1.34. The van der Waals surface area contributed by atoms with E-state index in [1.54, 1.807) is 19.1 Å². The zero-order valence-corrected chi connectivity index (χ0v) is 8.64. The van der Waals surface area contributed by atoms with Crippen molar-refractivity contribution in [3.63, 3.8) is 0 Å². The van der Waals surface area contributed by atoms with Crippen molar-refractivity contribution < 1.29 is 8.42 Å². The fraction of sp³-hybridized carbons (Fsp3) is 0.375. The second-order valence-corrected chi connectivity index (χ2v) is 4.60. The molecule has 0 atom stereocenters. The molecule has 0 radical (unpaired) electrons. The number of pyridine rings is 1. The molecule has 0 saturated heterocycles. The van der Waals surface area contributed by atoms with E-state index in [1.807, 2.05) is 6.92 Å². The van der Waals surface area contributed by atoms with Gasteiger partial charge in [0, 0.05) is 5.69 Å². The first kappa shape index (κ1) is 10.1. The highest BCUT2D eigenvalue weighted by atomic mass is 32.2. The van der Waals surface area contributed by atoms with Crippen LogP contribution in [0.15, 0.2) is 17.0 Å². The molecule has 5 heteroatoms. The van der Waals surface area contributed by atoms with E-state index in [9.17, 15) is 8.42 Å². The maximum Gasteiger partial charge on any atom is 0.242 e. The number of rotatable bonds is 2. The molecule has 1 N–H and O–H groups in total. The number of nitrogens with one attached hydrogen (secondary N) is 1. The summed E-state index contributed by atoms with van der Waals surface area (Å²) in [6.07, 6.45) is 0. The molecule has 0 bridgehead atoms. The summed E-state index contributed by atoms with van der Waals surface area (Å²) in [6, 6.07) is 3.24. The van der Waals surface area contributed by atoms with E-state index >= 15 is 0 Å². The van der Waals surface area contributed by atoms with Gasteiger partial charge in [0.1, 0.15) is 4.90 Å². The van der Waals surface area contributed by atoms with Crippen LogP contribution in [0.5, 0.6) is 0 Å². The Morgan fingerprint density at radius 2 is 1.92 bits per heavy atom. The fourth-order valence-electron chi connectivity index (χ4n) is 1.07. The normalized spacial score (nSPS) is 11.6. The molecule has 1 aromatic heterocycles. The summed E-state index contributed by atoms with van der Waals surface area (Å²) in [5.74, 6) is 0. The molecular formula is C8H12N2O2S. The molecule has 13 heavy (non-hydrogen) atoms. The highest BCUT2D eigenvalue weighted by Gasteiger charge is 2.14. The highest BCUT2D eigenvalue weighted by molar-refractivity contribution is 7.89. The van der Waals surface area contributed by atoms with Crippen LogP contribution in [0.25, 0.3) is 0 Å². The van der Waals surface area contributed by atoms with E-state index in [-0.39, 0.29) is 4.90 Å². The monoisotopic (exact) mass is 200 g/mol. The minimum Gasteiger partial charge on any atom is -0.257 e. The predicted molar refractivity (Wildman–Crippen MR) is 50.0 cm³/mol. The average molecular weight is 200 g/mol. The molecule has 4 nitrogen and oxygen atoms in total. The zero-order chi connectivity index (χ0) is 10.1. The molecule has 0 unspecified atom stereocenters. The maximum atomic E-state index is 11.4. The Bertz CT molecular complexity index is 412. The van der Waals surface area contributed by atoms with E-state index in [1.165, 1.54) is 7.05 Å². The van der Waals surface area contributed by atoms with Crippen LogP contribution >= 0.6 is 0 Å². The highest BCUT2D eigenvalue weighted by Crippen LogP contribution is 2.12. The zero-order valence-electron chi connectivity index (χ0n) is 7.83. The number of aryl methyl sites for hydroxylation is 2. The average Bonchev–Trinajstić information content (AvgIpc) is 2.03. The van der Waals surface area contributed by atoms with Gasteiger partial charge in [0.15, 0.2) is 0 Å². The lowest BCUT2D eigenvalue weighted by Gasteiger charge is -2.05. The van der Waals surface area contributed by atoms with Crippen molar-refractivity contribution in [1.29, 1.82) is 0 Å². The van der Waals surface area contributed by atoms with Crippen LogP contribution in [0.4, 0.5) is 0 Å². The summed E-state index contributed by atoms with van der Waals surface area (Å²) in [7, 11) is -1.97. The fourth-order valence-corrected chi connectivity index (χ4v) is 1.97. The maximum absolute atomic E-state index is 11.4. The second kappa shape index (κ2) is 3.43. The minimum atomic E-state index is -3.36. The molecule has 0 spiro atoms. The smallest absolute Gasteiger partial charge is 0.242 e. The van der Waals surface area contributed by atoms with Gasteiger partial charge in [-0.1, -0.05) is 0 Å². The molecule has 0 amide bonds. The van der Waals surface area contributed by atoms with Gasteiger partial charge in [-0.25, -0.2) is 13.1 Å². The van der Waals surface area contributed by atoms with Crippen molar-refractivity contribution in [2.45, 2.75) is 18.7 Å². The van der Waals surface area contributed by atoms with E-state index < -0.39 is 10.0 Å².